The number of carbonyl (C=O) groups excluding carboxylic acids is 2. The molecule has 0 aromatic heterocycles. The first-order chi connectivity index (χ1) is 8.65. The molecule has 102 valence electrons. The lowest BCUT2D eigenvalue weighted by molar-refractivity contribution is -0.151. The van der Waals surface area contributed by atoms with Crippen LogP contribution in [0.1, 0.15) is 52.4 Å². The maximum atomic E-state index is 12.2. The average Bonchev–Trinajstić information content (AvgIpc) is 2.41. The topological polar surface area (TPSA) is 49.4 Å². The highest BCUT2D eigenvalue weighted by molar-refractivity contribution is 5.95. The molecule has 4 nitrogen and oxygen atoms in total. The molecule has 1 N–H and O–H groups in total. The van der Waals surface area contributed by atoms with Crippen molar-refractivity contribution in [2.75, 3.05) is 6.54 Å². The Morgan fingerprint density at radius 2 is 1.94 bits per heavy atom. The van der Waals surface area contributed by atoms with E-state index in [0.717, 1.165) is 19.3 Å². The third-order valence-corrected chi connectivity index (χ3v) is 4.42. The third-order valence-electron chi connectivity index (χ3n) is 4.42. The van der Waals surface area contributed by atoms with Crippen molar-refractivity contribution in [1.82, 2.24) is 10.2 Å². The number of amides is 2. The van der Waals surface area contributed by atoms with Crippen molar-refractivity contribution in [2.45, 2.75) is 64.5 Å². The molecule has 1 aliphatic carbocycles. The van der Waals surface area contributed by atoms with Gasteiger partial charge in [-0.2, -0.15) is 0 Å². The highest BCUT2D eigenvalue weighted by Crippen LogP contribution is 2.28. The molecule has 2 rings (SSSR count). The Labute approximate surface area is 109 Å². The van der Waals surface area contributed by atoms with Crippen molar-refractivity contribution in [3.05, 3.63) is 0 Å². The van der Waals surface area contributed by atoms with E-state index in [0.29, 0.717) is 0 Å². The highest BCUT2D eigenvalue weighted by atomic mass is 16.2. The normalized spacial score (nSPS) is 28.1. The monoisotopic (exact) mass is 252 g/mol. The van der Waals surface area contributed by atoms with Crippen molar-refractivity contribution in [3.63, 3.8) is 0 Å². The lowest BCUT2D eigenvalue weighted by atomic mass is 9.88. The van der Waals surface area contributed by atoms with E-state index >= 15 is 0 Å². The summed E-state index contributed by atoms with van der Waals surface area (Å²) >= 11 is 0. The average molecular weight is 252 g/mol. The van der Waals surface area contributed by atoms with Crippen molar-refractivity contribution in [1.29, 1.82) is 0 Å². The van der Waals surface area contributed by atoms with E-state index in [1.807, 2.05) is 4.90 Å². The molecule has 18 heavy (non-hydrogen) atoms. The van der Waals surface area contributed by atoms with Crippen molar-refractivity contribution >= 4 is 11.8 Å². The molecule has 0 radical (unpaired) electrons. The van der Waals surface area contributed by atoms with Gasteiger partial charge >= 0.3 is 0 Å². The van der Waals surface area contributed by atoms with Gasteiger partial charge in [0.1, 0.15) is 6.04 Å². The molecule has 2 amide bonds. The Morgan fingerprint density at radius 3 is 2.56 bits per heavy atom. The number of piperazine rings is 1. The first kappa shape index (κ1) is 13.4. The van der Waals surface area contributed by atoms with Gasteiger partial charge < -0.3 is 10.2 Å². The van der Waals surface area contributed by atoms with E-state index < -0.39 is 0 Å². The van der Waals surface area contributed by atoms with E-state index in [1.165, 1.54) is 19.3 Å². The largest absolute Gasteiger partial charge is 0.345 e. The fourth-order valence-corrected chi connectivity index (χ4v) is 3.19. The molecule has 2 aliphatic rings. The van der Waals surface area contributed by atoms with Gasteiger partial charge in [0.2, 0.25) is 11.8 Å². The van der Waals surface area contributed by atoms with Crippen LogP contribution in [-0.2, 0) is 9.59 Å². The Balaban J connectivity index is 2.19. The zero-order valence-electron chi connectivity index (χ0n) is 11.4. The van der Waals surface area contributed by atoms with E-state index in [-0.39, 0.29) is 36.4 Å². The molecule has 4 heteroatoms. The minimum atomic E-state index is -0.251. The Kier molecular flexibility index (Phi) is 4.25. The molecule has 0 bridgehead atoms. The van der Waals surface area contributed by atoms with E-state index in [2.05, 4.69) is 19.2 Å². The summed E-state index contributed by atoms with van der Waals surface area (Å²) in [7, 11) is 0. The third kappa shape index (κ3) is 2.52. The second-order valence-corrected chi connectivity index (χ2v) is 5.64. The number of carbonyl (C=O) groups is 2. The van der Waals surface area contributed by atoms with Gasteiger partial charge in [0.25, 0.3) is 0 Å². The molecule has 1 saturated heterocycles. The Morgan fingerprint density at radius 1 is 1.28 bits per heavy atom. The molecular formula is C14H24N2O2. The van der Waals surface area contributed by atoms with Crippen LogP contribution in [0.4, 0.5) is 0 Å². The summed E-state index contributed by atoms with van der Waals surface area (Å²) in [4.78, 5) is 26.2. The predicted octanol–water partition coefficient (Wildman–Crippen LogP) is 1.69. The number of rotatable bonds is 3. The summed E-state index contributed by atoms with van der Waals surface area (Å²) in [6.07, 6.45) is 6.68. The number of nitrogens with one attached hydrogen (secondary N) is 1. The molecule has 2 fully saturated rings. The molecule has 1 saturated carbocycles. The van der Waals surface area contributed by atoms with E-state index in [4.69, 9.17) is 0 Å². The lowest BCUT2D eigenvalue weighted by Crippen LogP contribution is -2.63. The lowest BCUT2D eigenvalue weighted by Gasteiger charge is -2.44. The van der Waals surface area contributed by atoms with Crippen LogP contribution in [0.2, 0.25) is 0 Å². The molecule has 1 heterocycles. The zero-order valence-corrected chi connectivity index (χ0v) is 11.4. The molecule has 1 aliphatic heterocycles. The number of nitrogens with zero attached hydrogens (tertiary/aromatic N) is 1. The summed E-state index contributed by atoms with van der Waals surface area (Å²) in [6.45, 7) is 4.33. The summed E-state index contributed by atoms with van der Waals surface area (Å²) < 4.78 is 0. The van der Waals surface area contributed by atoms with Crippen LogP contribution in [0, 0.1) is 5.92 Å². The summed E-state index contributed by atoms with van der Waals surface area (Å²) in [6, 6.07) is 0.0376. The fourth-order valence-electron chi connectivity index (χ4n) is 3.19. The maximum absolute atomic E-state index is 12.2. The minimum absolute atomic E-state index is 0.0366. The smallest absolute Gasteiger partial charge is 0.243 e. The van der Waals surface area contributed by atoms with Crippen molar-refractivity contribution in [3.8, 4) is 0 Å². The fraction of sp³-hybridized carbons (Fsp3) is 0.857. The van der Waals surface area contributed by atoms with Gasteiger partial charge in [0.05, 0.1) is 6.54 Å². The molecule has 0 aromatic carbocycles. The van der Waals surface area contributed by atoms with Gasteiger partial charge in [-0.05, 0) is 18.8 Å². The molecule has 0 spiro atoms. The van der Waals surface area contributed by atoms with Gasteiger partial charge in [0, 0.05) is 6.04 Å². The Bertz CT molecular complexity index is 324. The first-order valence-corrected chi connectivity index (χ1v) is 7.24. The van der Waals surface area contributed by atoms with Gasteiger partial charge in [-0.3, -0.25) is 9.59 Å². The van der Waals surface area contributed by atoms with Crippen LogP contribution in [-0.4, -0.2) is 35.3 Å². The molecule has 2 unspecified atom stereocenters. The van der Waals surface area contributed by atoms with E-state index in [1.54, 1.807) is 0 Å². The number of hydrogen-bond donors (Lipinski definition) is 1. The quantitative estimate of drug-likeness (QED) is 0.831. The molecular weight excluding hydrogens is 228 g/mol. The molecule has 2 atom stereocenters. The van der Waals surface area contributed by atoms with Gasteiger partial charge in [0.15, 0.2) is 0 Å². The van der Waals surface area contributed by atoms with Gasteiger partial charge in [-0.1, -0.05) is 39.5 Å². The number of hydrogen-bond acceptors (Lipinski definition) is 2. The summed E-state index contributed by atoms with van der Waals surface area (Å²) in [5, 5.41) is 2.74. The summed E-state index contributed by atoms with van der Waals surface area (Å²) in [5.74, 6) is 0.373. The summed E-state index contributed by atoms with van der Waals surface area (Å²) in [5.41, 5.74) is 0. The first-order valence-electron chi connectivity index (χ1n) is 7.24. The van der Waals surface area contributed by atoms with Gasteiger partial charge in [-0.25, -0.2) is 0 Å². The SMILES string of the molecule is CCC(C)C1C(=O)NCC(=O)N1C1CCCCC1. The van der Waals surface area contributed by atoms with E-state index in [9.17, 15) is 9.59 Å². The highest BCUT2D eigenvalue weighted by Gasteiger charge is 2.41. The minimum Gasteiger partial charge on any atom is -0.345 e. The van der Waals surface area contributed by atoms with Crippen LogP contribution in [0.25, 0.3) is 0 Å². The van der Waals surface area contributed by atoms with Crippen molar-refractivity contribution in [2.24, 2.45) is 5.92 Å². The van der Waals surface area contributed by atoms with Crippen LogP contribution < -0.4 is 5.32 Å². The van der Waals surface area contributed by atoms with Crippen molar-refractivity contribution < 1.29 is 9.59 Å². The second-order valence-electron chi connectivity index (χ2n) is 5.64. The van der Waals surface area contributed by atoms with Crippen LogP contribution in [0.3, 0.4) is 0 Å². The Hall–Kier alpha value is -1.06. The van der Waals surface area contributed by atoms with Crippen LogP contribution >= 0.6 is 0 Å². The standard InChI is InChI=1S/C14H24N2O2/c1-3-10(2)13-14(18)15-9-12(17)16(13)11-7-5-4-6-8-11/h10-11,13H,3-9H2,1-2H3,(H,15,18). The van der Waals surface area contributed by atoms with Crippen LogP contribution in [0.5, 0.6) is 0 Å². The molecule has 0 aromatic rings. The zero-order chi connectivity index (χ0) is 13.1. The second kappa shape index (κ2) is 5.72. The maximum Gasteiger partial charge on any atom is 0.243 e. The van der Waals surface area contributed by atoms with Crippen LogP contribution in [0.15, 0.2) is 0 Å². The van der Waals surface area contributed by atoms with Gasteiger partial charge in [-0.15, -0.1) is 0 Å². The predicted molar refractivity (Wildman–Crippen MR) is 70.0 cm³/mol.